The predicted octanol–water partition coefficient (Wildman–Crippen LogP) is 2.83. The number of hydrazone groups is 1. The molecule has 114 valence electrons. The van der Waals surface area contributed by atoms with E-state index in [1.165, 1.54) is 0 Å². The highest BCUT2D eigenvalue weighted by Crippen LogP contribution is 2.25. The molecule has 0 radical (unpaired) electrons. The second-order valence-corrected chi connectivity index (χ2v) is 5.53. The summed E-state index contributed by atoms with van der Waals surface area (Å²) >= 11 is 2.23. The number of benzene rings is 2. The Kier molecular flexibility index (Phi) is 6.20. The number of amides is 1. The fraction of sp³-hybridized carbons (Fsp3) is 0.125. The first-order valence-electron chi connectivity index (χ1n) is 6.52. The summed E-state index contributed by atoms with van der Waals surface area (Å²) in [6.07, 6.45) is 1.58. The number of carbonyl (C=O) groups is 1. The average molecular weight is 410 g/mol. The third-order valence-electron chi connectivity index (χ3n) is 2.70. The van der Waals surface area contributed by atoms with Crippen LogP contribution in [-0.2, 0) is 4.79 Å². The normalized spacial score (nSPS) is 10.5. The lowest BCUT2D eigenvalue weighted by molar-refractivity contribution is -0.123. The van der Waals surface area contributed by atoms with Crippen LogP contribution in [0, 0.1) is 3.57 Å². The minimum Gasteiger partial charge on any atom is -0.493 e. The number of nitrogens with one attached hydrogen (secondary N) is 1. The van der Waals surface area contributed by atoms with Crippen molar-refractivity contribution < 1.29 is 14.3 Å². The van der Waals surface area contributed by atoms with Crippen LogP contribution >= 0.6 is 22.6 Å². The van der Waals surface area contributed by atoms with Crippen molar-refractivity contribution in [3.8, 4) is 11.5 Å². The molecule has 2 aromatic carbocycles. The number of methoxy groups -OCH3 is 1. The first kappa shape index (κ1) is 16.3. The van der Waals surface area contributed by atoms with Gasteiger partial charge in [0.15, 0.2) is 18.1 Å². The van der Waals surface area contributed by atoms with Gasteiger partial charge in [0.05, 0.1) is 13.3 Å². The number of nitrogens with zero attached hydrogens (tertiary/aromatic N) is 1. The minimum atomic E-state index is -0.340. The van der Waals surface area contributed by atoms with Gasteiger partial charge in [-0.25, -0.2) is 5.43 Å². The molecule has 0 aliphatic heterocycles. The zero-order valence-electron chi connectivity index (χ0n) is 12.0. The van der Waals surface area contributed by atoms with E-state index in [9.17, 15) is 4.79 Å². The van der Waals surface area contributed by atoms with Gasteiger partial charge in [-0.05, 0) is 52.4 Å². The van der Waals surface area contributed by atoms with Gasteiger partial charge < -0.3 is 9.47 Å². The van der Waals surface area contributed by atoms with Gasteiger partial charge in [-0.1, -0.05) is 24.3 Å². The molecule has 0 saturated carbocycles. The second-order valence-electron chi connectivity index (χ2n) is 4.28. The molecule has 0 aliphatic rings. The number of hydrogen-bond donors (Lipinski definition) is 1. The fourth-order valence-electron chi connectivity index (χ4n) is 1.64. The molecule has 0 saturated heterocycles. The van der Waals surface area contributed by atoms with Gasteiger partial charge in [0.2, 0.25) is 0 Å². The van der Waals surface area contributed by atoms with Gasteiger partial charge in [0, 0.05) is 3.57 Å². The SMILES string of the molecule is COc1ccccc1OCC(=O)N/N=C\c1ccc(I)cc1. The summed E-state index contributed by atoms with van der Waals surface area (Å²) in [5.41, 5.74) is 3.32. The fourth-order valence-corrected chi connectivity index (χ4v) is 2.00. The van der Waals surface area contributed by atoms with Crippen molar-refractivity contribution in [1.82, 2.24) is 5.43 Å². The largest absolute Gasteiger partial charge is 0.493 e. The van der Waals surface area contributed by atoms with Crippen LogP contribution in [0.1, 0.15) is 5.56 Å². The highest BCUT2D eigenvalue weighted by molar-refractivity contribution is 14.1. The summed E-state index contributed by atoms with van der Waals surface area (Å²) in [6.45, 7) is -0.135. The Morgan fingerprint density at radius 1 is 1.18 bits per heavy atom. The van der Waals surface area contributed by atoms with Crippen LogP contribution in [0.25, 0.3) is 0 Å². The topological polar surface area (TPSA) is 59.9 Å². The van der Waals surface area contributed by atoms with Crippen LogP contribution in [0.15, 0.2) is 53.6 Å². The van der Waals surface area contributed by atoms with Crippen molar-refractivity contribution in [3.63, 3.8) is 0 Å². The highest BCUT2D eigenvalue weighted by Gasteiger charge is 2.05. The molecular formula is C16H15IN2O3. The lowest BCUT2D eigenvalue weighted by Crippen LogP contribution is -2.24. The molecule has 1 amide bonds. The zero-order chi connectivity index (χ0) is 15.8. The van der Waals surface area contributed by atoms with Gasteiger partial charge in [-0.15, -0.1) is 0 Å². The van der Waals surface area contributed by atoms with Crippen molar-refractivity contribution in [2.75, 3.05) is 13.7 Å². The van der Waals surface area contributed by atoms with Crippen molar-refractivity contribution in [2.24, 2.45) is 5.10 Å². The van der Waals surface area contributed by atoms with Crippen LogP contribution in [0.5, 0.6) is 11.5 Å². The van der Waals surface area contributed by atoms with Crippen molar-refractivity contribution >= 4 is 34.7 Å². The number of rotatable bonds is 6. The van der Waals surface area contributed by atoms with Crippen molar-refractivity contribution in [2.45, 2.75) is 0 Å². The molecule has 0 unspecified atom stereocenters. The van der Waals surface area contributed by atoms with E-state index in [0.29, 0.717) is 11.5 Å². The van der Waals surface area contributed by atoms with Gasteiger partial charge in [0.25, 0.3) is 5.91 Å². The lowest BCUT2D eigenvalue weighted by atomic mass is 10.2. The molecule has 0 spiro atoms. The predicted molar refractivity (Wildman–Crippen MR) is 93.4 cm³/mol. The molecule has 0 aromatic heterocycles. The molecule has 22 heavy (non-hydrogen) atoms. The maximum Gasteiger partial charge on any atom is 0.277 e. The first-order chi connectivity index (χ1) is 10.7. The molecule has 2 rings (SSSR count). The summed E-state index contributed by atoms with van der Waals surface area (Å²) in [7, 11) is 1.55. The Balaban J connectivity index is 1.82. The van der Waals surface area contributed by atoms with Gasteiger partial charge in [0.1, 0.15) is 0 Å². The van der Waals surface area contributed by atoms with Crippen LogP contribution in [0.4, 0.5) is 0 Å². The summed E-state index contributed by atoms with van der Waals surface area (Å²) in [6, 6.07) is 14.9. The molecule has 0 aliphatic carbocycles. The molecule has 0 fully saturated rings. The van der Waals surface area contributed by atoms with E-state index in [1.807, 2.05) is 36.4 Å². The third kappa shape index (κ3) is 5.03. The highest BCUT2D eigenvalue weighted by atomic mass is 127. The Bertz CT molecular complexity index is 657. The Morgan fingerprint density at radius 2 is 1.86 bits per heavy atom. The van der Waals surface area contributed by atoms with Gasteiger partial charge in [-0.2, -0.15) is 5.10 Å². The van der Waals surface area contributed by atoms with Crippen LogP contribution in [-0.4, -0.2) is 25.8 Å². The number of para-hydroxylation sites is 2. The minimum absolute atomic E-state index is 0.135. The third-order valence-corrected chi connectivity index (χ3v) is 3.42. The van der Waals surface area contributed by atoms with E-state index >= 15 is 0 Å². The van der Waals surface area contributed by atoms with E-state index in [2.05, 4.69) is 33.1 Å². The molecule has 2 aromatic rings. The summed E-state index contributed by atoms with van der Waals surface area (Å²) < 4.78 is 11.7. The maximum atomic E-state index is 11.7. The number of hydrogen-bond acceptors (Lipinski definition) is 4. The Labute approximate surface area is 142 Å². The monoisotopic (exact) mass is 410 g/mol. The van der Waals surface area contributed by atoms with Crippen LogP contribution in [0.3, 0.4) is 0 Å². The van der Waals surface area contributed by atoms with E-state index < -0.39 is 0 Å². The van der Waals surface area contributed by atoms with Gasteiger partial charge in [-0.3, -0.25) is 4.79 Å². The smallest absolute Gasteiger partial charge is 0.277 e. The van der Waals surface area contributed by atoms with Crippen molar-refractivity contribution in [3.05, 3.63) is 57.7 Å². The molecule has 0 bridgehead atoms. The van der Waals surface area contributed by atoms with Gasteiger partial charge >= 0.3 is 0 Å². The van der Waals surface area contributed by atoms with Crippen molar-refractivity contribution in [1.29, 1.82) is 0 Å². The summed E-state index contributed by atoms with van der Waals surface area (Å²) in [5, 5.41) is 3.89. The van der Waals surface area contributed by atoms with Crippen LogP contribution in [0.2, 0.25) is 0 Å². The second kappa shape index (κ2) is 8.38. The first-order valence-corrected chi connectivity index (χ1v) is 7.60. The molecule has 0 heterocycles. The van der Waals surface area contributed by atoms with E-state index in [-0.39, 0.29) is 12.5 Å². The molecular weight excluding hydrogens is 395 g/mol. The quantitative estimate of drug-likeness (QED) is 0.453. The zero-order valence-corrected chi connectivity index (χ0v) is 14.1. The Hall–Kier alpha value is -2.09. The lowest BCUT2D eigenvalue weighted by Gasteiger charge is -2.09. The molecule has 6 heteroatoms. The maximum absolute atomic E-state index is 11.7. The average Bonchev–Trinajstić information content (AvgIpc) is 2.55. The Morgan fingerprint density at radius 3 is 2.55 bits per heavy atom. The number of carbonyl (C=O) groups excluding carboxylic acids is 1. The number of ether oxygens (including phenoxy) is 2. The van der Waals surface area contributed by atoms with E-state index in [0.717, 1.165) is 9.13 Å². The van der Waals surface area contributed by atoms with Crippen LogP contribution < -0.4 is 14.9 Å². The molecule has 5 nitrogen and oxygen atoms in total. The molecule has 0 atom stereocenters. The molecule has 1 N–H and O–H groups in total. The standard InChI is InChI=1S/C16H15IN2O3/c1-21-14-4-2-3-5-15(14)22-11-16(20)19-18-10-12-6-8-13(17)9-7-12/h2-10H,11H2,1H3,(H,19,20)/b18-10-. The number of halogens is 1. The summed E-state index contributed by atoms with van der Waals surface area (Å²) in [5.74, 6) is 0.757. The van der Waals surface area contributed by atoms with E-state index in [1.54, 1.807) is 25.5 Å². The van der Waals surface area contributed by atoms with E-state index in [4.69, 9.17) is 9.47 Å². The summed E-state index contributed by atoms with van der Waals surface area (Å²) in [4.78, 5) is 11.7.